The van der Waals surface area contributed by atoms with Crippen molar-refractivity contribution in [1.29, 1.82) is 0 Å². The van der Waals surface area contributed by atoms with Crippen molar-refractivity contribution in [2.24, 2.45) is 0 Å². The Bertz CT molecular complexity index is 676. The molecule has 0 aliphatic heterocycles. The minimum absolute atomic E-state index is 0.128. The Kier molecular flexibility index (Phi) is 4.11. The Hall–Kier alpha value is -2.25. The highest BCUT2D eigenvalue weighted by Gasteiger charge is 2.20. The van der Waals surface area contributed by atoms with Gasteiger partial charge in [-0.2, -0.15) is 0 Å². The van der Waals surface area contributed by atoms with Crippen LogP contribution in [-0.2, 0) is 0 Å². The fourth-order valence-electron chi connectivity index (χ4n) is 1.41. The zero-order valence-electron chi connectivity index (χ0n) is 9.71. The highest BCUT2D eigenvalue weighted by atomic mass is 35.5. The highest BCUT2D eigenvalue weighted by Crippen LogP contribution is 2.23. The van der Waals surface area contributed by atoms with Gasteiger partial charge in [0.1, 0.15) is 5.56 Å². The molecule has 0 atom stereocenters. The number of nitrogens with one attached hydrogen (secondary N) is 1. The Morgan fingerprint density at radius 2 is 1.95 bits per heavy atom. The monoisotopic (exact) mass is 312 g/mol. The lowest BCUT2D eigenvalue weighted by Crippen LogP contribution is -2.15. The SMILES string of the molecule is O=C(Nc1ccc(Cl)nn1)c1ccc(Cl)cc1[N+](=O)[O-]. The summed E-state index contributed by atoms with van der Waals surface area (Å²) < 4.78 is 0. The number of hydrogen-bond acceptors (Lipinski definition) is 5. The molecule has 1 heterocycles. The smallest absolute Gasteiger partial charge is 0.283 e. The lowest BCUT2D eigenvalue weighted by atomic mass is 10.1. The van der Waals surface area contributed by atoms with Crippen LogP contribution in [0.3, 0.4) is 0 Å². The molecule has 20 heavy (non-hydrogen) atoms. The van der Waals surface area contributed by atoms with Crippen molar-refractivity contribution in [3.8, 4) is 0 Å². The number of halogens is 2. The van der Waals surface area contributed by atoms with Crippen LogP contribution in [0.25, 0.3) is 0 Å². The number of amides is 1. The van der Waals surface area contributed by atoms with Crippen LogP contribution in [0.1, 0.15) is 10.4 Å². The Labute approximate surface area is 122 Å². The molecule has 2 rings (SSSR count). The third kappa shape index (κ3) is 3.19. The van der Waals surface area contributed by atoms with Crippen molar-refractivity contribution < 1.29 is 9.72 Å². The van der Waals surface area contributed by atoms with E-state index >= 15 is 0 Å². The number of carbonyl (C=O) groups is 1. The van der Waals surface area contributed by atoms with E-state index in [-0.39, 0.29) is 21.6 Å². The van der Waals surface area contributed by atoms with Crippen molar-refractivity contribution in [2.45, 2.75) is 0 Å². The third-order valence-corrected chi connectivity index (χ3v) is 2.71. The van der Waals surface area contributed by atoms with Gasteiger partial charge in [-0.3, -0.25) is 14.9 Å². The van der Waals surface area contributed by atoms with Gasteiger partial charge in [-0.25, -0.2) is 0 Å². The maximum absolute atomic E-state index is 12.0. The predicted molar refractivity (Wildman–Crippen MR) is 73.1 cm³/mol. The summed E-state index contributed by atoms with van der Waals surface area (Å²) in [6.07, 6.45) is 0. The number of aromatic nitrogens is 2. The molecule has 1 N–H and O–H groups in total. The molecular formula is C11H6Cl2N4O3. The van der Waals surface area contributed by atoms with Crippen LogP contribution < -0.4 is 5.32 Å². The summed E-state index contributed by atoms with van der Waals surface area (Å²) in [5.74, 6) is -0.561. The van der Waals surface area contributed by atoms with E-state index in [1.54, 1.807) is 0 Å². The molecule has 102 valence electrons. The molecule has 1 aromatic carbocycles. The topological polar surface area (TPSA) is 98.0 Å². The van der Waals surface area contributed by atoms with E-state index in [1.165, 1.54) is 24.3 Å². The first-order valence-corrected chi connectivity index (χ1v) is 5.97. The van der Waals surface area contributed by atoms with Gasteiger partial charge in [0.05, 0.1) is 4.92 Å². The zero-order chi connectivity index (χ0) is 14.7. The number of carbonyl (C=O) groups excluding carboxylic acids is 1. The maximum Gasteiger partial charge on any atom is 0.283 e. The number of anilines is 1. The summed E-state index contributed by atoms with van der Waals surface area (Å²) in [5, 5.41) is 20.8. The molecule has 0 unspecified atom stereocenters. The Balaban J connectivity index is 2.29. The number of hydrogen-bond donors (Lipinski definition) is 1. The fourth-order valence-corrected chi connectivity index (χ4v) is 1.68. The molecule has 1 aromatic heterocycles. The summed E-state index contributed by atoms with van der Waals surface area (Å²) in [7, 11) is 0. The van der Waals surface area contributed by atoms with Crippen molar-refractivity contribution in [2.75, 3.05) is 5.32 Å². The second kappa shape index (κ2) is 5.81. The molecule has 0 aliphatic rings. The minimum Gasteiger partial charge on any atom is -0.305 e. The number of nitrogens with zero attached hydrogens (tertiary/aromatic N) is 3. The van der Waals surface area contributed by atoms with E-state index in [0.29, 0.717) is 0 Å². The molecule has 1 amide bonds. The van der Waals surface area contributed by atoms with E-state index < -0.39 is 16.5 Å². The van der Waals surface area contributed by atoms with E-state index in [9.17, 15) is 14.9 Å². The summed E-state index contributed by atoms with van der Waals surface area (Å²) in [6, 6.07) is 6.61. The van der Waals surface area contributed by atoms with Gasteiger partial charge >= 0.3 is 0 Å². The first-order chi connectivity index (χ1) is 9.47. The van der Waals surface area contributed by atoms with Crippen molar-refractivity contribution in [3.63, 3.8) is 0 Å². The van der Waals surface area contributed by atoms with Crippen molar-refractivity contribution in [1.82, 2.24) is 10.2 Å². The van der Waals surface area contributed by atoms with Crippen molar-refractivity contribution in [3.05, 3.63) is 56.2 Å². The van der Waals surface area contributed by atoms with Crippen LogP contribution in [0.5, 0.6) is 0 Å². The number of nitro groups is 1. The maximum atomic E-state index is 12.0. The number of rotatable bonds is 3. The van der Waals surface area contributed by atoms with Gasteiger partial charge in [0, 0.05) is 11.1 Å². The molecule has 0 bridgehead atoms. The number of nitro benzene ring substituents is 1. The van der Waals surface area contributed by atoms with E-state index in [2.05, 4.69) is 15.5 Å². The summed E-state index contributed by atoms with van der Waals surface area (Å²) in [5.41, 5.74) is -0.520. The van der Waals surface area contributed by atoms with Crippen LogP contribution in [0.2, 0.25) is 10.2 Å². The van der Waals surface area contributed by atoms with Gasteiger partial charge in [0.2, 0.25) is 0 Å². The molecule has 0 radical (unpaired) electrons. The average molecular weight is 313 g/mol. The Morgan fingerprint density at radius 3 is 2.55 bits per heavy atom. The van der Waals surface area contributed by atoms with Gasteiger partial charge in [0.25, 0.3) is 11.6 Å². The molecule has 2 aromatic rings. The average Bonchev–Trinajstić information content (AvgIpc) is 2.41. The van der Waals surface area contributed by atoms with Gasteiger partial charge < -0.3 is 5.32 Å². The zero-order valence-corrected chi connectivity index (χ0v) is 11.2. The lowest BCUT2D eigenvalue weighted by molar-refractivity contribution is -0.385. The van der Waals surface area contributed by atoms with Crippen LogP contribution in [-0.4, -0.2) is 21.0 Å². The summed E-state index contributed by atoms with van der Waals surface area (Å²) in [6.45, 7) is 0. The summed E-state index contributed by atoms with van der Waals surface area (Å²) >= 11 is 11.2. The van der Waals surface area contributed by atoms with Gasteiger partial charge in [-0.05, 0) is 24.3 Å². The van der Waals surface area contributed by atoms with Gasteiger partial charge in [0.15, 0.2) is 11.0 Å². The molecule has 9 heteroatoms. The first kappa shape index (κ1) is 14.2. The second-order valence-electron chi connectivity index (χ2n) is 3.61. The molecule has 0 saturated heterocycles. The molecular weight excluding hydrogens is 307 g/mol. The van der Waals surface area contributed by atoms with Gasteiger partial charge in [-0.1, -0.05) is 23.2 Å². The van der Waals surface area contributed by atoms with Gasteiger partial charge in [-0.15, -0.1) is 10.2 Å². The van der Waals surface area contributed by atoms with E-state index in [4.69, 9.17) is 23.2 Å². The third-order valence-electron chi connectivity index (χ3n) is 2.27. The van der Waals surface area contributed by atoms with E-state index in [0.717, 1.165) is 6.07 Å². The van der Waals surface area contributed by atoms with Crippen LogP contribution in [0.15, 0.2) is 30.3 Å². The van der Waals surface area contributed by atoms with Crippen LogP contribution in [0.4, 0.5) is 11.5 Å². The normalized spacial score (nSPS) is 10.1. The molecule has 0 saturated carbocycles. The standard InChI is InChI=1S/C11H6Cl2N4O3/c12-6-1-2-7(8(5-6)17(19)20)11(18)14-10-4-3-9(13)15-16-10/h1-5H,(H,14,16,18). The Morgan fingerprint density at radius 1 is 1.20 bits per heavy atom. The predicted octanol–water partition coefficient (Wildman–Crippen LogP) is 2.94. The van der Waals surface area contributed by atoms with Crippen LogP contribution >= 0.6 is 23.2 Å². The molecule has 0 fully saturated rings. The van der Waals surface area contributed by atoms with Crippen LogP contribution in [0, 0.1) is 10.1 Å². The fraction of sp³-hybridized carbons (Fsp3) is 0. The first-order valence-electron chi connectivity index (χ1n) is 5.22. The summed E-state index contributed by atoms with van der Waals surface area (Å²) in [4.78, 5) is 22.2. The quantitative estimate of drug-likeness (QED) is 0.694. The number of benzene rings is 1. The lowest BCUT2D eigenvalue weighted by Gasteiger charge is -2.04. The minimum atomic E-state index is -0.690. The molecule has 0 aliphatic carbocycles. The largest absolute Gasteiger partial charge is 0.305 e. The molecule has 0 spiro atoms. The van der Waals surface area contributed by atoms with E-state index in [1.807, 2.05) is 0 Å². The highest BCUT2D eigenvalue weighted by molar-refractivity contribution is 6.31. The molecule has 7 nitrogen and oxygen atoms in total. The van der Waals surface area contributed by atoms with Crippen molar-refractivity contribution >= 4 is 40.6 Å². The second-order valence-corrected chi connectivity index (χ2v) is 4.44.